The van der Waals surface area contributed by atoms with Crippen molar-refractivity contribution in [3.8, 4) is 16.9 Å². The number of nitrogens with zero attached hydrogens (tertiary/aromatic N) is 3. The van der Waals surface area contributed by atoms with Crippen LogP contribution in [0.5, 0.6) is 5.75 Å². The van der Waals surface area contributed by atoms with Crippen molar-refractivity contribution in [3.63, 3.8) is 0 Å². The molecule has 0 atom stereocenters. The Morgan fingerprint density at radius 1 is 0.912 bits per heavy atom. The topological polar surface area (TPSA) is 135 Å². The molecule has 0 saturated carbocycles. The zero-order valence-electron chi connectivity index (χ0n) is 18.4. The number of azo groups is 1. The molecule has 0 aliphatic heterocycles. The Morgan fingerprint density at radius 2 is 1.59 bits per heavy atom. The summed E-state index contributed by atoms with van der Waals surface area (Å²) in [6, 6.07) is 22.1. The zero-order valence-corrected chi connectivity index (χ0v) is 21.2. The third kappa shape index (κ3) is 5.52. The molecule has 166 valence electrons. The van der Waals surface area contributed by atoms with Gasteiger partial charge in [0.2, 0.25) is 0 Å². The van der Waals surface area contributed by atoms with Crippen LogP contribution in [0.25, 0.3) is 21.9 Å². The summed E-state index contributed by atoms with van der Waals surface area (Å²) in [5, 5.41) is 30.9. The van der Waals surface area contributed by atoms with Crippen LogP contribution in [0.2, 0.25) is 0 Å². The summed E-state index contributed by atoms with van der Waals surface area (Å²) in [5.74, 6) is -0.942. The summed E-state index contributed by atoms with van der Waals surface area (Å²) in [4.78, 5) is 3.23. The predicted molar refractivity (Wildman–Crippen MR) is 124 cm³/mol. The molecule has 4 aromatic rings. The van der Waals surface area contributed by atoms with Crippen molar-refractivity contribution in [2.75, 3.05) is 0 Å². The second kappa shape index (κ2) is 10.5. The van der Waals surface area contributed by atoms with E-state index in [-0.39, 0.29) is 40.6 Å². The fraction of sp³-hybridized carbons (Fsp3) is 0.0417. The molecule has 2 N–H and O–H groups in total. The van der Waals surface area contributed by atoms with E-state index in [1.54, 1.807) is 12.1 Å². The molecule has 8 nitrogen and oxygen atoms in total. The summed E-state index contributed by atoms with van der Waals surface area (Å²) >= 11 is 0. The minimum atomic E-state index is -4.73. The molecular weight excluding hydrogens is 465 g/mol. The van der Waals surface area contributed by atoms with Gasteiger partial charge < -0.3 is 10.2 Å². The van der Waals surface area contributed by atoms with Crippen LogP contribution >= 0.6 is 0 Å². The number of phenolic OH excluding ortho intramolecular Hbond substituents is 1. The van der Waals surface area contributed by atoms with E-state index >= 15 is 0 Å². The van der Waals surface area contributed by atoms with Crippen LogP contribution in [0.4, 0.5) is 17.1 Å². The van der Waals surface area contributed by atoms with Gasteiger partial charge in [0.15, 0.2) is 5.75 Å². The molecule has 34 heavy (non-hydrogen) atoms. The van der Waals surface area contributed by atoms with Crippen LogP contribution in [-0.4, -0.2) is 24.0 Å². The zero-order chi connectivity index (χ0) is 23.6. The first-order chi connectivity index (χ1) is 15.7. The maximum Gasteiger partial charge on any atom is 1.00 e. The normalized spacial score (nSPS) is 12.1. The number of hydrogen-bond donors (Lipinski definition) is 2. The maximum atomic E-state index is 12.0. The average molecular weight is 483 g/mol. The van der Waals surface area contributed by atoms with Gasteiger partial charge in [0, 0.05) is 10.9 Å². The van der Waals surface area contributed by atoms with E-state index in [1.807, 2.05) is 42.5 Å². The van der Waals surface area contributed by atoms with Crippen molar-refractivity contribution < 1.29 is 52.7 Å². The first-order valence-electron chi connectivity index (χ1n) is 9.80. The number of fused-ring (bicyclic) bond motifs is 1. The number of rotatable bonds is 5. The smallest absolute Gasteiger partial charge is 0.862 e. The van der Waals surface area contributed by atoms with Crippen LogP contribution in [0.1, 0.15) is 6.92 Å². The van der Waals surface area contributed by atoms with Gasteiger partial charge in [-0.1, -0.05) is 54.6 Å². The molecule has 0 aliphatic rings. The third-order valence-electron chi connectivity index (χ3n) is 4.85. The van der Waals surface area contributed by atoms with E-state index < -0.39 is 32.3 Å². The SMILES string of the molecule is CC([O-])=Nc1ccc2cc(S(=O)(=O)O)c(N=Nc3ccccc3-c3ccccc3)c(O)c2c1.[Na+]. The molecule has 0 aliphatic carbocycles. The first-order valence-corrected chi connectivity index (χ1v) is 11.2. The summed E-state index contributed by atoms with van der Waals surface area (Å²) in [7, 11) is -4.73. The van der Waals surface area contributed by atoms with Crippen LogP contribution in [0, 0.1) is 0 Å². The summed E-state index contributed by atoms with van der Waals surface area (Å²) in [6.45, 7) is 1.29. The Labute approximate surface area is 218 Å². The molecule has 0 amide bonds. The van der Waals surface area contributed by atoms with E-state index in [0.717, 1.165) is 11.1 Å². The minimum Gasteiger partial charge on any atom is -0.862 e. The number of phenols is 1. The molecule has 0 radical (unpaired) electrons. The molecule has 0 unspecified atom stereocenters. The summed E-state index contributed by atoms with van der Waals surface area (Å²) < 4.78 is 33.8. The Hall–Kier alpha value is -3.08. The van der Waals surface area contributed by atoms with Crippen molar-refractivity contribution in [1.29, 1.82) is 0 Å². The maximum absolute atomic E-state index is 12.0. The third-order valence-corrected chi connectivity index (χ3v) is 5.71. The van der Waals surface area contributed by atoms with E-state index in [1.165, 1.54) is 31.2 Å². The Kier molecular flexibility index (Phi) is 7.86. The predicted octanol–water partition coefficient (Wildman–Crippen LogP) is 2.29. The van der Waals surface area contributed by atoms with Crippen LogP contribution in [0.15, 0.2) is 99.0 Å². The number of aromatic hydroxyl groups is 1. The molecule has 0 spiro atoms. The van der Waals surface area contributed by atoms with Crippen LogP contribution in [0.3, 0.4) is 0 Å². The van der Waals surface area contributed by atoms with Gasteiger partial charge in [-0.25, -0.2) is 0 Å². The van der Waals surface area contributed by atoms with Crippen molar-refractivity contribution in [2.24, 2.45) is 15.2 Å². The van der Waals surface area contributed by atoms with Gasteiger partial charge in [-0.2, -0.15) is 8.42 Å². The second-order valence-electron chi connectivity index (χ2n) is 7.17. The van der Waals surface area contributed by atoms with Crippen molar-refractivity contribution >= 4 is 43.9 Å². The number of benzene rings is 4. The van der Waals surface area contributed by atoms with E-state index in [2.05, 4.69) is 15.2 Å². The quantitative estimate of drug-likeness (QED) is 0.148. The molecule has 0 bridgehead atoms. The molecule has 4 rings (SSSR count). The van der Waals surface area contributed by atoms with Gasteiger partial charge in [-0.15, -0.1) is 10.2 Å². The average Bonchev–Trinajstić information content (AvgIpc) is 2.78. The summed E-state index contributed by atoms with van der Waals surface area (Å²) in [6.07, 6.45) is 0. The molecule has 10 heteroatoms. The first kappa shape index (κ1) is 25.5. The van der Waals surface area contributed by atoms with Crippen molar-refractivity contribution in [1.82, 2.24) is 0 Å². The fourth-order valence-corrected chi connectivity index (χ4v) is 4.06. The van der Waals surface area contributed by atoms with Gasteiger partial charge in [0.1, 0.15) is 10.6 Å². The largest absolute Gasteiger partial charge is 1.00 e. The Bertz CT molecular complexity index is 1520. The molecule has 0 saturated heterocycles. The minimum absolute atomic E-state index is 0. The van der Waals surface area contributed by atoms with Gasteiger partial charge in [0.25, 0.3) is 10.1 Å². The molecule has 0 fully saturated rings. The Morgan fingerprint density at radius 3 is 2.26 bits per heavy atom. The summed E-state index contributed by atoms with van der Waals surface area (Å²) in [5.41, 5.74) is 1.92. The fourth-order valence-electron chi connectivity index (χ4n) is 3.40. The van der Waals surface area contributed by atoms with Crippen LogP contribution < -0.4 is 34.7 Å². The second-order valence-corrected chi connectivity index (χ2v) is 8.56. The van der Waals surface area contributed by atoms with Gasteiger partial charge in [-0.05, 0) is 48.0 Å². The molecule has 0 aromatic heterocycles. The van der Waals surface area contributed by atoms with Crippen LogP contribution in [-0.2, 0) is 10.1 Å². The molecule has 0 heterocycles. The number of hydrogen-bond acceptors (Lipinski definition) is 7. The van der Waals surface area contributed by atoms with Crippen molar-refractivity contribution in [3.05, 3.63) is 78.9 Å². The van der Waals surface area contributed by atoms with E-state index in [4.69, 9.17) is 0 Å². The number of aliphatic imine (C=N–C) groups is 1. The van der Waals surface area contributed by atoms with Gasteiger partial charge >= 0.3 is 29.6 Å². The Balaban J connectivity index is 0.00000324. The van der Waals surface area contributed by atoms with Gasteiger partial charge in [-0.3, -0.25) is 9.55 Å². The molecular formula is C24H18N3NaO5S. The van der Waals surface area contributed by atoms with Crippen molar-refractivity contribution in [2.45, 2.75) is 11.8 Å². The standard InChI is InChI=1S/C24H19N3O5S.Na/c1-15(28)25-18-12-11-17-13-22(33(30,31)32)23(24(29)20(17)14-18)27-26-21-10-6-5-9-19(21)16-7-3-2-4-8-16;/h2-14,29H,1H3,(H,25,28)(H,30,31,32);/q;+1/p-1. The van der Waals surface area contributed by atoms with E-state index in [0.29, 0.717) is 11.1 Å². The van der Waals surface area contributed by atoms with Gasteiger partial charge in [0.05, 0.1) is 11.4 Å². The van der Waals surface area contributed by atoms with E-state index in [9.17, 15) is 23.2 Å². The molecule has 4 aromatic carbocycles. The monoisotopic (exact) mass is 483 g/mol.